The highest BCUT2D eigenvalue weighted by atomic mass is 79.9. The number of halogens is 3. The first-order chi connectivity index (χ1) is 8.61. The maximum absolute atomic E-state index is 13.1. The van der Waals surface area contributed by atoms with E-state index in [-0.39, 0.29) is 11.7 Å². The van der Waals surface area contributed by atoms with E-state index in [1.165, 1.54) is 18.2 Å². The molecule has 0 bridgehead atoms. The van der Waals surface area contributed by atoms with Gasteiger partial charge in [0.1, 0.15) is 5.82 Å². The fourth-order valence-electron chi connectivity index (χ4n) is 2.10. The number of nitrogens with zero attached hydrogens (tertiary/aromatic N) is 1. The minimum absolute atomic E-state index is 0.0382. The molecule has 1 amide bonds. The SMILES string of the molecule is O=C(c1ccc(F)c(Br)c1)N1CCC(CCl)CC1. The van der Waals surface area contributed by atoms with Crippen LogP contribution in [0, 0.1) is 11.7 Å². The second-order valence-corrected chi connectivity index (χ2v) is 5.68. The molecule has 0 unspecified atom stereocenters. The lowest BCUT2D eigenvalue weighted by atomic mass is 9.98. The zero-order valence-corrected chi connectivity index (χ0v) is 12.2. The lowest BCUT2D eigenvalue weighted by Gasteiger charge is -2.31. The molecule has 1 aliphatic rings. The Bertz CT molecular complexity index is 447. The van der Waals surface area contributed by atoms with Crippen molar-refractivity contribution < 1.29 is 9.18 Å². The molecule has 1 aromatic rings. The molecular weight excluding hydrogens is 321 g/mol. The van der Waals surface area contributed by atoms with Gasteiger partial charge in [-0.25, -0.2) is 4.39 Å². The van der Waals surface area contributed by atoms with Crippen LogP contribution in [0.1, 0.15) is 23.2 Å². The summed E-state index contributed by atoms with van der Waals surface area (Å²) in [6, 6.07) is 4.37. The standard InChI is InChI=1S/C13H14BrClFNO/c14-11-7-10(1-2-12(11)16)13(18)17-5-3-9(8-15)4-6-17/h1-2,7,9H,3-6,8H2. The second-order valence-electron chi connectivity index (χ2n) is 4.52. The molecular formula is C13H14BrClFNO. The number of amides is 1. The molecule has 2 rings (SSSR count). The number of alkyl halides is 1. The van der Waals surface area contributed by atoms with E-state index in [2.05, 4.69) is 15.9 Å². The fraction of sp³-hybridized carbons (Fsp3) is 0.462. The Morgan fingerprint density at radius 3 is 2.67 bits per heavy atom. The average molecular weight is 335 g/mol. The zero-order valence-electron chi connectivity index (χ0n) is 9.83. The van der Waals surface area contributed by atoms with Crippen LogP contribution in [0.4, 0.5) is 4.39 Å². The van der Waals surface area contributed by atoms with Crippen LogP contribution in [0.25, 0.3) is 0 Å². The van der Waals surface area contributed by atoms with Crippen LogP contribution in [0.15, 0.2) is 22.7 Å². The van der Waals surface area contributed by atoms with Gasteiger partial charge in [-0.15, -0.1) is 11.6 Å². The van der Waals surface area contributed by atoms with Crippen molar-refractivity contribution in [1.29, 1.82) is 0 Å². The summed E-state index contributed by atoms with van der Waals surface area (Å²) in [4.78, 5) is 14.0. The predicted octanol–water partition coefficient (Wildman–Crippen LogP) is 3.68. The molecule has 0 radical (unpaired) electrons. The molecule has 0 N–H and O–H groups in total. The Balaban J connectivity index is 2.05. The van der Waals surface area contributed by atoms with Gasteiger partial charge in [0.15, 0.2) is 0 Å². The monoisotopic (exact) mass is 333 g/mol. The Morgan fingerprint density at radius 2 is 2.11 bits per heavy atom. The summed E-state index contributed by atoms with van der Waals surface area (Å²) in [7, 11) is 0. The molecule has 5 heteroatoms. The second kappa shape index (κ2) is 6.02. The number of rotatable bonds is 2. The Labute approximate surface area is 119 Å². The van der Waals surface area contributed by atoms with Crippen molar-refractivity contribution in [1.82, 2.24) is 4.90 Å². The molecule has 0 saturated carbocycles. The number of carbonyl (C=O) groups is 1. The summed E-state index contributed by atoms with van der Waals surface area (Å²) in [5.41, 5.74) is 0.521. The van der Waals surface area contributed by atoms with E-state index in [0.717, 1.165) is 25.9 Å². The van der Waals surface area contributed by atoms with Crippen molar-refractivity contribution in [2.45, 2.75) is 12.8 Å². The van der Waals surface area contributed by atoms with Crippen LogP contribution in [-0.4, -0.2) is 29.8 Å². The highest BCUT2D eigenvalue weighted by Crippen LogP contribution is 2.22. The summed E-state index contributed by atoms with van der Waals surface area (Å²) in [6.45, 7) is 1.45. The molecule has 0 spiro atoms. The molecule has 18 heavy (non-hydrogen) atoms. The summed E-state index contributed by atoms with van der Waals surface area (Å²) < 4.78 is 13.4. The van der Waals surface area contributed by atoms with E-state index < -0.39 is 0 Å². The smallest absolute Gasteiger partial charge is 0.253 e. The molecule has 0 aliphatic carbocycles. The van der Waals surface area contributed by atoms with E-state index in [4.69, 9.17) is 11.6 Å². The van der Waals surface area contributed by atoms with Gasteiger partial charge in [0, 0.05) is 24.5 Å². The maximum atomic E-state index is 13.1. The third-order valence-corrected chi connectivity index (χ3v) is 4.33. The number of carbonyl (C=O) groups excluding carboxylic acids is 1. The first-order valence-corrected chi connectivity index (χ1v) is 7.25. The minimum atomic E-state index is -0.354. The molecule has 1 saturated heterocycles. The summed E-state index contributed by atoms with van der Waals surface area (Å²) in [5.74, 6) is 0.774. The molecule has 1 aliphatic heterocycles. The van der Waals surface area contributed by atoms with Crippen molar-refractivity contribution >= 4 is 33.4 Å². The topological polar surface area (TPSA) is 20.3 Å². The van der Waals surface area contributed by atoms with Gasteiger partial charge in [-0.1, -0.05) is 0 Å². The van der Waals surface area contributed by atoms with Crippen LogP contribution in [0.3, 0.4) is 0 Å². The first kappa shape index (κ1) is 13.8. The third-order valence-electron chi connectivity index (χ3n) is 3.29. The molecule has 1 fully saturated rings. The van der Waals surface area contributed by atoms with E-state index in [1.807, 2.05) is 4.90 Å². The molecule has 98 valence electrons. The van der Waals surface area contributed by atoms with Gasteiger partial charge in [0.2, 0.25) is 0 Å². The summed E-state index contributed by atoms with van der Waals surface area (Å²) >= 11 is 8.91. The highest BCUT2D eigenvalue weighted by Gasteiger charge is 2.23. The van der Waals surface area contributed by atoms with Gasteiger partial charge in [0.25, 0.3) is 5.91 Å². The highest BCUT2D eigenvalue weighted by molar-refractivity contribution is 9.10. The molecule has 1 aromatic carbocycles. The van der Waals surface area contributed by atoms with Gasteiger partial charge in [-0.3, -0.25) is 4.79 Å². The lowest BCUT2D eigenvalue weighted by molar-refractivity contribution is 0.0698. The van der Waals surface area contributed by atoms with Crippen LogP contribution in [0.5, 0.6) is 0 Å². The van der Waals surface area contributed by atoms with Crippen molar-refractivity contribution in [3.8, 4) is 0 Å². The van der Waals surface area contributed by atoms with E-state index in [9.17, 15) is 9.18 Å². The van der Waals surface area contributed by atoms with Gasteiger partial charge in [-0.05, 0) is 52.9 Å². The molecule has 1 heterocycles. The van der Waals surface area contributed by atoms with Gasteiger partial charge < -0.3 is 4.90 Å². The lowest BCUT2D eigenvalue weighted by Crippen LogP contribution is -2.38. The van der Waals surface area contributed by atoms with Crippen molar-refractivity contribution in [2.75, 3.05) is 19.0 Å². The Kier molecular flexibility index (Phi) is 4.62. The number of piperidine rings is 1. The normalized spacial score (nSPS) is 16.9. The quantitative estimate of drug-likeness (QED) is 0.756. The third kappa shape index (κ3) is 3.04. The predicted molar refractivity (Wildman–Crippen MR) is 73.4 cm³/mol. The van der Waals surface area contributed by atoms with E-state index in [0.29, 0.717) is 21.8 Å². The van der Waals surface area contributed by atoms with Crippen LogP contribution in [-0.2, 0) is 0 Å². The minimum Gasteiger partial charge on any atom is -0.339 e. The molecule has 2 nitrogen and oxygen atoms in total. The Morgan fingerprint density at radius 1 is 1.44 bits per heavy atom. The maximum Gasteiger partial charge on any atom is 0.253 e. The van der Waals surface area contributed by atoms with Gasteiger partial charge in [-0.2, -0.15) is 0 Å². The zero-order chi connectivity index (χ0) is 13.1. The number of hydrogen-bond donors (Lipinski definition) is 0. The average Bonchev–Trinajstić information content (AvgIpc) is 2.41. The molecule has 0 atom stereocenters. The fourth-order valence-corrected chi connectivity index (χ4v) is 2.79. The van der Waals surface area contributed by atoms with Gasteiger partial charge in [0.05, 0.1) is 4.47 Å². The van der Waals surface area contributed by atoms with E-state index in [1.54, 1.807) is 0 Å². The molecule has 0 aromatic heterocycles. The van der Waals surface area contributed by atoms with Crippen LogP contribution < -0.4 is 0 Å². The largest absolute Gasteiger partial charge is 0.339 e. The van der Waals surface area contributed by atoms with Crippen molar-refractivity contribution in [2.24, 2.45) is 5.92 Å². The summed E-state index contributed by atoms with van der Waals surface area (Å²) in [6.07, 6.45) is 1.88. The number of hydrogen-bond acceptors (Lipinski definition) is 1. The van der Waals surface area contributed by atoms with Crippen molar-refractivity contribution in [3.05, 3.63) is 34.1 Å². The van der Waals surface area contributed by atoms with E-state index >= 15 is 0 Å². The summed E-state index contributed by atoms with van der Waals surface area (Å²) in [5, 5.41) is 0. The number of benzene rings is 1. The van der Waals surface area contributed by atoms with Crippen molar-refractivity contribution in [3.63, 3.8) is 0 Å². The van der Waals surface area contributed by atoms with Crippen LogP contribution in [0.2, 0.25) is 0 Å². The first-order valence-electron chi connectivity index (χ1n) is 5.92. The van der Waals surface area contributed by atoms with Crippen LogP contribution >= 0.6 is 27.5 Å². The Hall–Kier alpha value is -0.610. The number of likely N-dealkylation sites (tertiary alicyclic amines) is 1. The van der Waals surface area contributed by atoms with Gasteiger partial charge >= 0.3 is 0 Å².